The number of rotatable bonds is 4. The number of aromatic nitrogens is 4. The van der Waals surface area contributed by atoms with Gasteiger partial charge in [-0.2, -0.15) is 0 Å². The lowest BCUT2D eigenvalue weighted by atomic mass is 9.94. The highest BCUT2D eigenvalue weighted by molar-refractivity contribution is 7.98. The smallest absolute Gasteiger partial charge is 0.257 e. The molecule has 1 atom stereocenters. The van der Waals surface area contributed by atoms with Gasteiger partial charge in [0.2, 0.25) is 0 Å². The number of H-pyrrole nitrogens is 1. The number of amides is 1. The van der Waals surface area contributed by atoms with Gasteiger partial charge < -0.3 is 9.88 Å². The summed E-state index contributed by atoms with van der Waals surface area (Å²) in [4.78, 5) is 31.2. The van der Waals surface area contributed by atoms with Crippen molar-refractivity contribution < 1.29 is 4.79 Å². The molecule has 0 bridgehead atoms. The number of hydrogen-bond donors (Lipinski definition) is 1. The van der Waals surface area contributed by atoms with Gasteiger partial charge in [-0.15, -0.1) is 0 Å². The number of para-hydroxylation sites is 2. The molecule has 1 aliphatic heterocycles. The fraction of sp³-hybridized carbons (Fsp3) is 0.368. The average Bonchev–Trinajstić information content (AvgIpc) is 3.10. The van der Waals surface area contributed by atoms with E-state index >= 15 is 0 Å². The Bertz CT molecular complexity index is 875. The third kappa shape index (κ3) is 3.58. The highest BCUT2D eigenvalue weighted by Gasteiger charge is 2.25. The van der Waals surface area contributed by atoms with Gasteiger partial charge in [0.15, 0.2) is 5.16 Å². The first-order chi connectivity index (χ1) is 12.7. The number of nitrogens with one attached hydrogen (secondary N) is 1. The Balaban J connectivity index is 1.43. The zero-order chi connectivity index (χ0) is 17.9. The number of piperidine rings is 1. The molecule has 0 radical (unpaired) electrons. The second-order valence-electron chi connectivity index (χ2n) is 6.62. The summed E-state index contributed by atoms with van der Waals surface area (Å²) in [6.45, 7) is 1.54. The monoisotopic (exact) mass is 367 g/mol. The summed E-state index contributed by atoms with van der Waals surface area (Å²) in [5.74, 6) is 1.43. The minimum atomic E-state index is 0.0203. The van der Waals surface area contributed by atoms with Crippen LogP contribution in [-0.2, 0) is 6.42 Å². The van der Waals surface area contributed by atoms with Gasteiger partial charge in [0, 0.05) is 31.9 Å². The molecule has 1 unspecified atom stereocenters. The van der Waals surface area contributed by atoms with Gasteiger partial charge in [0.05, 0.1) is 16.6 Å². The molecular weight excluding hydrogens is 346 g/mol. The number of nitrogens with zero attached hydrogens (tertiary/aromatic N) is 4. The van der Waals surface area contributed by atoms with Crippen LogP contribution < -0.4 is 0 Å². The standard InChI is InChI=1S/C19H21N5OS/c1-26-19-20-10-14(11-21-19)18(25)24-8-4-5-13(12-24)9-17-22-15-6-2-3-7-16(15)23-17/h2-3,6-7,10-11,13H,4-5,8-9,12H2,1H3,(H,22,23). The molecule has 6 nitrogen and oxygen atoms in total. The molecular formula is C19H21N5OS. The predicted octanol–water partition coefficient (Wildman–Crippen LogP) is 3.17. The van der Waals surface area contributed by atoms with Crippen LogP contribution in [0.3, 0.4) is 0 Å². The number of aromatic amines is 1. The van der Waals surface area contributed by atoms with Crippen LogP contribution in [0.25, 0.3) is 11.0 Å². The summed E-state index contributed by atoms with van der Waals surface area (Å²) in [6.07, 6.45) is 8.17. The maximum absolute atomic E-state index is 12.8. The van der Waals surface area contributed by atoms with Crippen LogP contribution in [0.4, 0.5) is 0 Å². The van der Waals surface area contributed by atoms with Crippen molar-refractivity contribution in [2.45, 2.75) is 24.4 Å². The van der Waals surface area contributed by atoms with Gasteiger partial charge >= 0.3 is 0 Å². The summed E-state index contributed by atoms with van der Waals surface area (Å²) in [5, 5.41) is 0.683. The number of carbonyl (C=O) groups excluding carboxylic acids is 1. The molecule has 2 aromatic heterocycles. The second kappa shape index (κ2) is 7.45. The quantitative estimate of drug-likeness (QED) is 0.566. The molecule has 1 fully saturated rings. The van der Waals surface area contributed by atoms with Gasteiger partial charge in [0.25, 0.3) is 5.91 Å². The van der Waals surface area contributed by atoms with Crippen molar-refractivity contribution in [2.75, 3.05) is 19.3 Å². The van der Waals surface area contributed by atoms with Gasteiger partial charge in [-0.3, -0.25) is 4.79 Å². The summed E-state index contributed by atoms with van der Waals surface area (Å²) < 4.78 is 0. The van der Waals surface area contributed by atoms with E-state index in [1.54, 1.807) is 12.4 Å². The lowest BCUT2D eigenvalue weighted by Crippen LogP contribution is -2.40. The van der Waals surface area contributed by atoms with Gasteiger partial charge in [0.1, 0.15) is 5.82 Å². The Hall–Kier alpha value is -2.41. The highest BCUT2D eigenvalue weighted by Crippen LogP contribution is 2.22. The molecule has 4 rings (SSSR count). The third-order valence-corrected chi connectivity index (χ3v) is 5.36. The van der Waals surface area contributed by atoms with Gasteiger partial charge in [-0.25, -0.2) is 15.0 Å². The molecule has 0 spiro atoms. The number of thioether (sulfide) groups is 1. The number of likely N-dealkylation sites (tertiary alicyclic amines) is 1. The number of benzene rings is 1. The number of imidazole rings is 1. The Morgan fingerprint density at radius 2 is 2.12 bits per heavy atom. The Morgan fingerprint density at radius 3 is 2.88 bits per heavy atom. The van der Waals surface area contributed by atoms with Crippen molar-refractivity contribution in [3.8, 4) is 0 Å². The van der Waals surface area contributed by atoms with E-state index in [0.29, 0.717) is 16.6 Å². The van der Waals surface area contributed by atoms with Gasteiger partial charge in [-0.05, 0) is 37.1 Å². The van der Waals surface area contributed by atoms with E-state index in [-0.39, 0.29) is 5.91 Å². The van der Waals surface area contributed by atoms with E-state index in [1.807, 2.05) is 35.4 Å². The molecule has 3 heterocycles. The fourth-order valence-electron chi connectivity index (χ4n) is 3.51. The van der Waals surface area contributed by atoms with Crippen molar-refractivity contribution in [1.82, 2.24) is 24.8 Å². The molecule has 1 aromatic carbocycles. The molecule has 1 aliphatic rings. The van der Waals surface area contributed by atoms with E-state index in [0.717, 1.165) is 49.2 Å². The van der Waals surface area contributed by atoms with Crippen LogP contribution in [0.2, 0.25) is 0 Å². The van der Waals surface area contributed by atoms with E-state index in [2.05, 4.69) is 19.9 Å². The molecule has 7 heteroatoms. The first-order valence-electron chi connectivity index (χ1n) is 8.82. The van der Waals surface area contributed by atoms with E-state index in [4.69, 9.17) is 0 Å². The molecule has 1 N–H and O–H groups in total. The fourth-order valence-corrected chi connectivity index (χ4v) is 3.82. The molecule has 1 saturated heterocycles. The highest BCUT2D eigenvalue weighted by atomic mass is 32.2. The van der Waals surface area contributed by atoms with Crippen LogP contribution in [0, 0.1) is 5.92 Å². The van der Waals surface area contributed by atoms with Crippen LogP contribution in [-0.4, -0.2) is 50.1 Å². The second-order valence-corrected chi connectivity index (χ2v) is 7.40. The average molecular weight is 367 g/mol. The zero-order valence-electron chi connectivity index (χ0n) is 14.7. The normalized spacial score (nSPS) is 17.6. The van der Waals surface area contributed by atoms with Crippen molar-refractivity contribution in [2.24, 2.45) is 5.92 Å². The summed E-state index contributed by atoms with van der Waals surface area (Å²) >= 11 is 1.47. The first-order valence-corrected chi connectivity index (χ1v) is 10.0. The van der Waals surface area contributed by atoms with Gasteiger partial charge in [-0.1, -0.05) is 23.9 Å². The van der Waals surface area contributed by atoms with Crippen molar-refractivity contribution in [1.29, 1.82) is 0 Å². The zero-order valence-corrected chi connectivity index (χ0v) is 15.5. The molecule has 0 saturated carbocycles. The molecule has 0 aliphatic carbocycles. The van der Waals surface area contributed by atoms with E-state index in [9.17, 15) is 4.79 Å². The Kier molecular flexibility index (Phi) is 4.88. The van der Waals surface area contributed by atoms with Crippen molar-refractivity contribution in [3.63, 3.8) is 0 Å². The molecule has 134 valence electrons. The maximum Gasteiger partial charge on any atom is 0.257 e. The summed E-state index contributed by atoms with van der Waals surface area (Å²) in [7, 11) is 0. The largest absolute Gasteiger partial charge is 0.342 e. The molecule has 26 heavy (non-hydrogen) atoms. The summed E-state index contributed by atoms with van der Waals surface area (Å²) in [5.41, 5.74) is 2.63. The lowest BCUT2D eigenvalue weighted by Gasteiger charge is -2.32. The van der Waals surface area contributed by atoms with Crippen LogP contribution in [0.1, 0.15) is 29.0 Å². The first kappa shape index (κ1) is 17.0. The molecule has 3 aromatic rings. The minimum Gasteiger partial charge on any atom is -0.342 e. The van der Waals surface area contributed by atoms with Crippen LogP contribution in [0.15, 0.2) is 41.8 Å². The predicted molar refractivity (Wildman–Crippen MR) is 102 cm³/mol. The van der Waals surface area contributed by atoms with Crippen LogP contribution >= 0.6 is 11.8 Å². The van der Waals surface area contributed by atoms with E-state index in [1.165, 1.54) is 11.8 Å². The van der Waals surface area contributed by atoms with Crippen molar-refractivity contribution in [3.05, 3.63) is 48.0 Å². The lowest BCUT2D eigenvalue weighted by molar-refractivity contribution is 0.0671. The minimum absolute atomic E-state index is 0.0203. The Labute approximate surface area is 156 Å². The van der Waals surface area contributed by atoms with Crippen molar-refractivity contribution >= 4 is 28.7 Å². The maximum atomic E-state index is 12.8. The number of fused-ring (bicyclic) bond motifs is 1. The summed E-state index contributed by atoms with van der Waals surface area (Å²) in [6, 6.07) is 8.07. The van der Waals surface area contributed by atoms with Crippen LogP contribution in [0.5, 0.6) is 0 Å². The SMILES string of the molecule is CSc1ncc(C(=O)N2CCCC(Cc3nc4ccccc4[nH]3)C2)cn1. The topological polar surface area (TPSA) is 74.8 Å². The van der Waals surface area contributed by atoms with E-state index < -0.39 is 0 Å². The Morgan fingerprint density at radius 1 is 1.31 bits per heavy atom. The number of carbonyl (C=O) groups is 1. The number of hydrogen-bond acceptors (Lipinski definition) is 5. The molecule has 1 amide bonds. The third-order valence-electron chi connectivity index (χ3n) is 4.78.